The number of alkyl halides is 4. The third-order valence-corrected chi connectivity index (χ3v) is 1.02. The van der Waals surface area contributed by atoms with Crippen LogP contribution in [0.4, 0.5) is 17.6 Å². The predicted molar refractivity (Wildman–Crippen MR) is 35.4 cm³/mol. The summed E-state index contributed by atoms with van der Waals surface area (Å²) in [6.07, 6.45) is -3.44. The normalized spacial score (nSPS) is 11.6. The van der Waals surface area contributed by atoms with Gasteiger partial charge in [0.2, 0.25) is 5.78 Å². The maximum absolute atomic E-state index is 12.2. The van der Waals surface area contributed by atoms with Gasteiger partial charge in [-0.3, -0.25) is 4.79 Å². The number of carbonyl (C=O) groups excluding carboxylic acids is 1. The van der Waals surface area contributed by atoms with Gasteiger partial charge in [-0.05, 0) is 19.9 Å². The Hall–Kier alpha value is -0.870. The minimum absolute atomic E-state index is 0.264. The molecule has 0 fully saturated rings. The van der Waals surface area contributed by atoms with Crippen LogP contribution < -0.4 is 0 Å². The summed E-state index contributed by atoms with van der Waals surface area (Å²) in [7, 11) is 0. The minimum atomic E-state index is -4.56. The topological polar surface area (TPSA) is 17.1 Å². The molecular weight excluding hydrogens is 176 g/mol. The molecule has 12 heavy (non-hydrogen) atoms. The summed E-state index contributed by atoms with van der Waals surface area (Å²) in [6, 6.07) is 0. The molecule has 0 heterocycles. The molecule has 0 amide bonds. The third-order valence-electron chi connectivity index (χ3n) is 1.02. The van der Waals surface area contributed by atoms with Crippen molar-refractivity contribution in [3.8, 4) is 0 Å². The van der Waals surface area contributed by atoms with Crippen LogP contribution in [-0.4, -0.2) is 18.1 Å². The van der Waals surface area contributed by atoms with Crippen molar-refractivity contribution in [1.82, 2.24) is 0 Å². The lowest BCUT2D eigenvalue weighted by Crippen LogP contribution is -2.35. The highest BCUT2D eigenvalue weighted by Gasteiger charge is 2.47. The van der Waals surface area contributed by atoms with Crippen molar-refractivity contribution in [2.75, 3.05) is 0 Å². The van der Waals surface area contributed by atoms with Crippen LogP contribution in [-0.2, 0) is 4.79 Å². The quantitative estimate of drug-likeness (QED) is 0.486. The van der Waals surface area contributed by atoms with E-state index in [1.807, 2.05) is 0 Å². The molecule has 0 aliphatic carbocycles. The molecular formula is C7H8F4O. The molecule has 0 aliphatic heterocycles. The van der Waals surface area contributed by atoms with Gasteiger partial charge in [0, 0.05) is 0 Å². The van der Waals surface area contributed by atoms with Crippen LogP contribution in [0.2, 0.25) is 0 Å². The number of rotatable bonds is 3. The summed E-state index contributed by atoms with van der Waals surface area (Å²) in [5.74, 6) is -6.41. The van der Waals surface area contributed by atoms with Gasteiger partial charge in [0.15, 0.2) is 0 Å². The van der Waals surface area contributed by atoms with Gasteiger partial charge in [0.05, 0.1) is 0 Å². The average molecular weight is 184 g/mol. The van der Waals surface area contributed by atoms with E-state index in [-0.39, 0.29) is 5.57 Å². The number of hydrogen-bond acceptors (Lipinski definition) is 1. The lowest BCUT2D eigenvalue weighted by molar-refractivity contribution is -0.161. The molecule has 0 atom stereocenters. The maximum atomic E-state index is 12.2. The molecule has 0 unspecified atom stereocenters. The predicted octanol–water partition coefficient (Wildman–Crippen LogP) is 2.42. The highest BCUT2D eigenvalue weighted by molar-refractivity contribution is 5.96. The number of carbonyl (C=O) groups is 1. The van der Waals surface area contributed by atoms with Gasteiger partial charge >= 0.3 is 12.3 Å². The molecule has 70 valence electrons. The molecule has 0 aliphatic rings. The largest absolute Gasteiger partial charge is 0.368 e. The van der Waals surface area contributed by atoms with E-state index in [0.717, 1.165) is 0 Å². The van der Waals surface area contributed by atoms with Gasteiger partial charge in [-0.15, -0.1) is 0 Å². The Labute approximate surface area is 67.1 Å². The lowest BCUT2D eigenvalue weighted by Gasteiger charge is -2.10. The van der Waals surface area contributed by atoms with Crippen molar-refractivity contribution in [2.24, 2.45) is 0 Å². The first-order valence-corrected chi connectivity index (χ1v) is 3.13. The molecule has 0 N–H and O–H groups in total. The standard InChI is InChI=1S/C7H8F4O/c1-4(2)3-5(12)7(10,11)6(8)9/h3,6H,1-2H3. The van der Waals surface area contributed by atoms with Crippen LogP contribution in [0.5, 0.6) is 0 Å². The number of allylic oxidation sites excluding steroid dienone is 2. The fourth-order valence-electron chi connectivity index (χ4n) is 0.466. The Kier molecular flexibility index (Phi) is 3.42. The molecule has 0 aromatic rings. The van der Waals surface area contributed by atoms with Gasteiger partial charge in [0.1, 0.15) is 0 Å². The zero-order chi connectivity index (χ0) is 9.94. The van der Waals surface area contributed by atoms with Crippen molar-refractivity contribution < 1.29 is 22.4 Å². The van der Waals surface area contributed by atoms with Crippen LogP contribution in [0, 0.1) is 0 Å². The van der Waals surface area contributed by atoms with Crippen LogP contribution >= 0.6 is 0 Å². The Morgan fingerprint density at radius 1 is 1.33 bits per heavy atom. The summed E-state index contributed by atoms with van der Waals surface area (Å²) in [6.45, 7) is 2.75. The highest BCUT2D eigenvalue weighted by Crippen LogP contribution is 2.24. The van der Waals surface area contributed by atoms with E-state index in [9.17, 15) is 22.4 Å². The molecule has 0 aromatic heterocycles. The van der Waals surface area contributed by atoms with Gasteiger partial charge in [-0.2, -0.15) is 8.78 Å². The minimum Gasteiger partial charge on any atom is -0.288 e. The first kappa shape index (κ1) is 11.1. The van der Waals surface area contributed by atoms with Gasteiger partial charge in [0.25, 0.3) is 0 Å². The molecule has 0 saturated heterocycles. The van der Waals surface area contributed by atoms with Crippen LogP contribution in [0.3, 0.4) is 0 Å². The highest BCUT2D eigenvalue weighted by atomic mass is 19.3. The summed E-state index contributed by atoms with van der Waals surface area (Å²) < 4.78 is 47.3. The molecule has 0 saturated carbocycles. The molecule has 0 spiro atoms. The van der Waals surface area contributed by atoms with E-state index in [4.69, 9.17) is 0 Å². The molecule has 1 nitrogen and oxygen atoms in total. The fourth-order valence-corrected chi connectivity index (χ4v) is 0.466. The van der Waals surface area contributed by atoms with E-state index in [2.05, 4.69) is 0 Å². The summed E-state index contributed by atoms with van der Waals surface area (Å²) in [5, 5.41) is 0. The SMILES string of the molecule is CC(C)=CC(=O)C(F)(F)C(F)F. The van der Waals surface area contributed by atoms with Gasteiger partial charge in [-0.1, -0.05) is 5.57 Å². The van der Waals surface area contributed by atoms with Crippen molar-refractivity contribution in [2.45, 2.75) is 26.2 Å². The smallest absolute Gasteiger partial charge is 0.288 e. The lowest BCUT2D eigenvalue weighted by atomic mass is 10.1. The second-order valence-corrected chi connectivity index (χ2v) is 2.51. The fraction of sp³-hybridized carbons (Fsp3) is 0.571. The van der Waals surface area contributed by atoms with Gasteiger partial charge in [-0.25, -0.2) is 8.78 Å². The van der Waals surface area contributed by atoms with Crippen LogP contribution in [0.25, 0.3) is 0 Å². The molecule has 0 bridgehead atoms. The number of hydrogen-bond donors (Lipinski definition) is 0. The molecule has 0 radical (unpaired) electrons. The van der Waals surface area contributed by atoms with Crippen LogP contribution in [0.15, 0.2) is 11.6 Å². The monoisotopic (exact) mass is 184 g/mol. The van der Waals surface area contributed by atoms with Crippen molar-refractivity contribution >= 4 is 5.78 Å². The Morgan fingerprint density at radius 2 is 1.75 bits per heavy atom. The Balaban J connectivity index is 4.59. The van der Waals surface area contributed by atoms with E-state index in [1.54, 1.807) is 0 Å². The second kappa shape index (κ2) is 3.69. The number of halogens is 4. The van der Waals surface area contributed by atoms with E-state index in [1.165, 1.54) is 13.8 Å². The van der Waals surface area contributed by atoms with Gasteiger partial charge < -0.3 is 0 Å². The zero-order valence-corrected chi connectivity index (χ0v) is 6.57. The summed E-state index contributed by atoms with van der Waals surface area (Å²) >= 11 is 0. The first-order chi connectivity index (χ1) is 5.28. The Morgan fingerprint density at radius 3 is 2.00 bits per heavy atom. The van der Waals surface area contributed by atoms with Crippen LogP contribution in [0.1, 0.15) is 13.8 Å². The maximum Gasteiger partial charge on any atom is 0.368 e. The zero-order valence-electron chi connectivity index (χ0n) is 6.57. The average Bonchev–Trinajstić information content (AvgIpc) is 1.85. The molecule has 0 aromatic carbocycles. The molecule has 0 rings (SSSR count). The second-order valence-electron chi connectivity index (χ2n) is 2.51. The van der Waals surface area contributed by atoms with Crippen molar-refractivity contribution in [3.63, 3.8) is 0 Å². The Bertz CT molecular complexity index is 203. The van der Waals surface area contributed by atoms with Crippen molar-refractivity contribution in [1.29, 1.82) is 0 Å². The first-order valence-electron chi connectivity index (χ1n) is 3.13. The van der Waals surface area contributed by atoms with E-state index < -0.39 is 18.1 Å². The third kappa shape index (κ3) is 2.64. The summed E-state index contributed by atoms with van der Waals surface area (Å²) in [4.78, 5) is 10.4. The van der Waals surface area contributed by atoms with E-state index in [0.29, 0.717) is 6.08 Å². The van der Waals surface area contributed by atoms with Crippen molar-refractivity contribution in [3.05, 3.63) is 11.6 Å². The number of ketones is 1. The summed E-state index contributed by atoms with van der Waals surface area (Å²) in [5.41, 5.74) is 0.264. The van der Waals surface area contributed by atoms with E-state index >= 15 is 0 Å². The molecule has 5 heteroatoms.